The van der Waals surface area contributed by atoms with Crippen LogP contribution in [0.25, 0.3) is 0 Å². The van der Waals surface area contributed by atoms with Gasteiger partial charge in [-0.05, 0) is 18.9 Å². The van der Waals surface area contributed by atoms with E-state index in [2.05, 4.69) is 0 Å². The average Bonchev–Trinajstić information content (AvgIpc) is 2.35. The van der Waals surface area contributed by atoms with Gasteiger partial charge in [-0.15, -0.1) is 0 Å². The van der Waals surface area contributed by atoms with Crippen molar-refractivity contribution < 1.29 is 23.2 Å². The third kappa shape index (κ3) is 4.02. The average molecular weight is 287 g/mol. The van der Waals surface area contributed by atoms with Gasteiger partial charge in [0.1, 0.15) is 0 Å². The maximum Gasteiger partial charge on any atom is 0.321 e. The van der Waals surface area contributed by atoms with Gasteiger partial charge in [-0.1, -0.05) is 12.1 Å². The number of nitro groups is 1. The first kappa shape index (κ1) is 15.1. The molecule has 0 heterocycles. The molecule has 1 N–H and O–H groups in total. The minimum atomic E-state index is -3.72. The fourth-order valence-electron chi connectivity index (χ4n) is 1.37. The van der Waals surface area contributed by atoms with Crippen LogP contribution in [-0.2, 0) is 21.1 Å². The number of aryl methyl sites for hydroxylation is 1. The maximum absolute atomic E-state index is 11.6. The van der Waals surface area contributed by atoms with Crippen LogP contribution in [0.1, 0.15) is 12.5 Å². The molecule has 0 saturated heterocycles. The molecule has 1 aromatic rings. The van der Waals surface area contributed by atoms with Crippen molar-refractivity contribution in [1.82, 2.24) is 0 Å². The Bertz CT molecular complexity index is 578. The molecule has 1 rings (SSSR count). The highest BCUT2D eigenvalue weighted by molar-refractivity contribution is 7.92. The van der Waals surface area contributed by atoms with Crippen LogP contribution in [0.2, 0.25) is 0 Å². The van der Waals surface area contributed by atoms with Crippen LogP contribution in [0, 0.1) is 10.1 Å². The molecule has 0 bridgehead atoms. The molecule has 0 aromatic heterocycles. The lowest BCUT2D eigenvalue weighted by molar-refractivity contribution is -0.384. The van der Waals surface area contributed by atoms with Crippen LogP contribution in [0.4, 0.5) is 5.69 Å². The predicted octanol–water partition coefficient (Wildman–Crippen LogP) is 1.03. The highest BCUT2D eigenvalue weighted by atomic mass is 32.2. The molecule has 0 radical (unpaired) electrons. The smallest absolute Gasteiger partial charge is 0.321 e. The van der Waals surface area contributed by atoms with Gasteiger partial charge in [-0.25, -0.2) is 8.42 Å². The van der Waals surface area contributed by atoms with E-state index in [1.165, 1.54) is 24.3 Å². The Labute approximate surface area is 109 Å². The molecule has 0 aliphatic heterocycles. The molecule has 0 saturated carbocycles. The number of hydrogen-bond acceptors (Lipinski definition) is 5. The van der Waals surface area contributed by atoms with E-state index >= 15 is 0 Å². The van der Waals surface area contributed by atoms with Crippen LogP contribution < -0.4 is 0 Å². The van der Waals surface area contributed by atoms with E-state index in [-0.39, 0.29) is 17.9 Å². The SMILES string of the molecule is CC(C(=O)O)S(=O)(=O)CCc1ccc([N+](=O)[O-])cc1. The van der Waals surface area contributed by atoms with Crippen LogP contribution >= 0.6 is 0 Å². The van der Waals surface area contributed by atoms with Crippen molar-refractivity contribution in [2.75, 3.05) is 5.75 Å². The Morgan fingerprint density at radius 2 is 1.89 bits per heavy atom. The van der Waals surface area contributed by atoms with Crippen molar-refractivity contribution in [2.45, 2.75) is 18.6 Å². The lowest BCUT2D eigenvalue weighted by Gasteiger charge is -2.08. The highest BCUT2D eigenvalue weighted by Crippen LogP contribution is 2.13. The van der Waals surface area contributed by atoms with Crippen LogP contribution in [0.15, 0.2) is 24.3 Å². The number of nitro benzene ring substituents is 1. The molecule has 1 atom stereocenters. The first-order valence-electron chi connectivity index (χ1n) is 5.42. The van der Waals surface area contributed by atoms with Gasteiger partial charge in [0.15, 0.2) is 15.1 Å². The quantitative estimate of drug-likeness (QED) is 0.617. The van der Waals surface area contributed by atoms with Crippen molar-refractivity contribution in [2.24, 2.45) is 0 Å². The maximum atomic E-state index is 11.6. The van der Waals surface area contributed by atoms with Gasteiger partial charge in [0, 0.05) is 12.1 Å². The van der Waals surface area contributed by atoms with Crippen molar-refractivity contribution in [3.05, 3.63) is 39.9 Å². The van der Waals surface area contributed by atoms with Crippen LogP contribution in [-0.4, -0.2) is 35.4 Å². The second kappa shape index (κ2) is 5.79. The number of carboxylic acids is 1. The summed E-state index contributed by atoms with van der Waals surface area (Å²) in [6, 6.07) is 5.48. The zero-order valence-corrected chi connectivity index (χ0v) is 11.0. The van der Waals surface area contributed by atoms with Gasteiger partial charge in [0.05, 0.1) is 10.7 Å². The van der Waals surface area contributed by atoms with Gasteiger partial charge in [0.2, 0.25) is 0 Å². The fraction of sp³-hybridized carbons (Fsp3) is 0.364. The molecule has 0 amide bonds. The predicted molar refractivity (Wildman–Crippen MR) is 67.7 cm³/mol. The Morgan fingerprint density at radius 3 is 2.32 bits per heavy atom. The highest BCUT2D eigenvalue weighted by Gasteiger charge is 2.27. The molecule has 0 spiro atoms. The minimum Gasteiger partial charge on any atom is -0.480 e. The summed E-state index contributed by atoms with van der Waals surface area (Å²) < 4.78 is 23.3. The summed E-state index contributed by atoms with van der Waals surface area (Å²) in [6.45, 7) is 1.12. The van der Waals surface area contributed by atoms with Crippen molar-refractivity contribution in [1.29, 1.82) is 0 Å². The number of aliphatic carboxylic acids is 1. The fourth-order valence-corrected chi connectivity index (χ4v) is 2.56. The summed E-state index contributed by atoms with van der Waals surface area (Å²) in [7, 11) is -3.72. The molecule has 7 nitrogen and oxygen atoms in total. The van der Waals surface area contributed by atoms with E-state index in [4.69, 9.17) is 5.11 Å². The second-order valence-corrected chi connectivity index (χ2v) is 6.46. The molecule has 0 fully saturated rings. The van der Waals surface area contributed by atoms with E-state index in [0.717, 1.165) is 6.92 Å². The number of sulfone groups is 1. The normalized spacial score (nSPS) is 12.9. The largest absolute Gasteiger partial charge is 0.480 e. The monoisotopic (exact) mass is 287 g/mol. The van der Waals surface area contributed by atoms with E-state index in [1.807, 2.05) is 0 Å². The number of non-ortho nitro benzene ring substituents is 1. The standard InChI is InChI=1S/C11H13NO6S/c1-8(11(13)14)19(17,18)7-6-9-2-4-10(5-3-9)12(15)16/h2-5,8H,6-7H2,1H3,(H,13,14). The van der Waals surface area contributed by atoms with Gasteiger partial charge in [-0.3, -0.25) is 14.9 Å². The van der Waals surface area contributed by atoms with Gasteiger partial charge in [-0.2, -0.15) is 0 Å². The lowest BCUT2D eigenvalue weighted by atomic mass is 10.1. The molecule has 1 aromatic carbocycles. The summed E-state index contributed by atoms with van der Waals surface area (Å²) in [6.07, 6.45) is 0.123. The molecular weight excluding hydrogens is 274 g/mol. The third-order valence-corrected chi connectivity index (χ3v) is 4.76. The number of nitrogens with zero attached hydrogens (tertiary/aromatic N) is 1. The molecule has 8 heteroatoms. The zero-order valence-electron chi connectivity index (χ0n) is 10.1. The molecule has 104 valence electrons. The van der Waals surface area contributed by atoms with Crippen LogP contribution in [0.5, 0.6) is 0 Å². The molecule has 0 aliphatic carbocycles. The summed E-state index contributed by atoms with van der Waals surface area (Å²) in [4.78, 5) is 20.5. The topological polar surface area (TPSA) is 115 Å². The Kier molecular flexibility index (Phi) is 4.60. The minimum absolute atomic E-state index is 0.0782. The number of benzene rings is 1. The van der Waals surface area contributed by atoms with Crippen molar-refractivity contribution in [3.8, 4) is 0 Å². The zero-order chi connectivity index (χ0) is 14.6. The van der Waals surface area contributed by atoms with E-state index in [1.54, 1.807) is 0 Å². The Balaban J connectivity index is 2.72. The Morgan fingerprint density at radius 1 is 1.37 bits per heavy atom. The Hall–Kier alpha value is -1.96. The molecule has 19 heavy (non-hydrogen) atoms. The van der Waals surface area contributed by atoms with Gasteiger partial charge < -0.3 is 5.11 Å². The first-order valence-corrected chi connectivity index (χ1v) is 7.13. The van der Waals surface area contributed by atoms with Crippen molar-refractivity contribution >= 4 is 21.5 Å². The number of rotatable bonds is 6. The van der Waals surface area contributed by atoms with Crippen LogP contribution in [0.3, 0.4) is 0 Å². The number of carbonyl (C=O) groups is 1. The van der Waals surface area contributed by atoms with E-state index in [0.29, 0.717) is 5.56 Å². The third-order valence-electron chi connectivity index (χ3n) is 2.71. The van der Waals surface area contributed by atoms with Gasteiger partial charge >= 0.3 is 5.97 Å². The molecule has 1 unspecified atom stereocenters. The number of carboxylic acid groups (broad SMARTS) is 1. The summed E-state index contributed by atoms with van der Waals surface area (Å²) in [5, 5.41) is 17.6. The first-order chi connectivity index (χ1) is 8.74. The lowest BCUT2D eigenvalue weighted by Crippen LogP contribution is -2.29. The summed E-state index contributed by atoms with van der Waals surface area (Å²) in [5.74, 6) is -1.69. The van der Waals surface area contributed by atoms with Crippen molar-refractivity contribution in [3.63, 3.8) is 0 Å². The van der Waals surface area contributed by atoms with E-state index < -0.39 is 26.0 Å². The summed E-state index contributed by atoms with van der Waals surface area (Å²) in [5.41, 5.74) is 0.525. The molecular formula is C11H13NO6S. The summed E-state index contributed by atoms with van der Waals surface area (Å²) >= 11 is 0. The second-order valence-electron chi connectivity index (χ2n) is 4.02. The van der Waals surface area contributed by atoms with Gasteiger partial charge in [0.25, 0.3) is 5.69 Å². The number of hydrogen-bond donors (Lipinski definition) is 1. The molecule has 0 aliphatic rings. The van der Waals surface area contributed by atoms with E-state index in [9.17, 15) is 23.3 Å².